The fraction of sp³-hybridized carbons (Fsp3) is 0.417. The van der Waals surface area contributed by atoms with Crippen LogP contribution in [0.4, 0.5) is 0 Å². The van der Waals surface area contributed by atoms with Crippen LogP contribution in [0.3, 0.4) is 0 Å². The summed E-state index contributed by atoms with van der Waals surface area (Å²) in [5, 5.41) is 0.865. The molecule has 1 aromatic carbocycles. The lowest BCUT2D eigenvalue weighted by Crippen LogP contribution is -2.00. The van der Waals surface area contributed by atoms with E-state index < -0.39 is 0 Å². The van der Waals surface area contributed by atoms with E-state index in [4.69, 9.17) is 4.74 Å². The van der Waals surface area contributed by atoms with Crippen molar-refractivity contribution in [1.29, 1.82) is 0 Å². The van der Waals surface area contributed by atoms with Crippen LogP contribution in [0, 0.1) is 0 Å². The molecule has 0 radical (unpaired) electrons. The molecule has 15 heavy (non-hydrogen) atoms. The lowest BCUT2D eigenvalue weighted by atomic mass is 10.1. The van der Waals surface area contributed by atoms with Crippen molar-refractivity contribution in [2.24, 2.45) is 0 Å². The summed E-state index contributed by atoms with van der Waals surface area (Å²) in [6, 6.07) is 7.36. The number of ether oxygens (including phenoxy) is 1. The maximum atomic E-state index is 11.7. The Morgan fingerprint density at radius 3 is 2.93 bits per heavy atom. The third-order valence-electron chi connectivity index (χ3n) is 2.00. The Morgan fingerprint density at radius 2 is 2.27 bits per heavy atom. The zero-order chi connectivity index (χ0) is 11.1. The zero-order valence-electron chi connectivity index (χ0n) is 8.83. The van der Waals surface area contributed by atoms with Gasteiger partial charge in [-0.25, -0.2) is 0 Å². The molecule has 1 rings (SSSR count). The predicted molar refractivity (Wildman–Crippen MR) is 65.0 cm³/mol. The van der Waals surface area contributed by atoms with Crippen LogP contribution in [-0.4, -0.2) is 17.7 Å². The highest BCUT2D eigenvalue weighted by atomic mass is 79.9. The molecule has 0 aliphatic heterocycles. The minimum Gasteiger partial charge on any atom is -0.494 e. The molecule has 82 valence electrons. The number of hydrogen-bond acceptors (Lipinski definition) is 2. The number of halogens is 1. The maximum Gasteiger partial charge on any atom is 0.163 e. The summed E-state index contributed by atoms with van der Waals surface area (Å²) in [6.45, 7) is 2.55. The molecule has 2 nitrogen and oxygen atoms in total. The Bertz CT molecular complexity index is 323. The van der Waals surface area contributed by atoms with Crippen LogP contribution in [0.5, 0.6) is 5.75 Å². The second-order valence-electron chi connectivity index (χ2n) is 3.18. The highest BCUT2D eigenvalue weighted by Crippen LogP contribution is 2.15. The summed E-state index contributed by atoms with van der Waals surface area (Å²) in [4.78, 5) is 11.7. The largest absolute Gasteiger partial charge is 0.494 e. The number of Topliss-reactive ketones (excluding diaryl/α,β-unsaturated/α-hetero) is 1. The Kier molecular flexibility index (Phi) is 5.40. The first-order valence-electron chi connectivity index (χ1n) is 5.10. The summed E-state index contributed by atoms with van der Waals surface area (Å²) in [5.41, 5.74) is 0.738. The number of alkyl halides is 1. The van der Waals surface area contributed by atoms with Crippen LogP contribution >= 0.6 is 15.9 Å². The number of ketones is 1. The Morgan fingerprint density at radius 1 is 1.47 bits per heavy atom. The molecule has 0 saturated carbocycles. The van der Waals surface area contributed by atoms with E-state index in [1.54, 1.807) is 6.07 Å². The van der Waals surface area contributed by atoms with Crippen molar-refractivity contribution < 1.29 is 9.53 Å². The molecule has 0 heterocycles. The van der Waals surface area contributed by atoms with E-state index in [-0.39, 0.29) is 5.78 Å². The fourth-order valence-corrected chi connectivity index (χ4v) is 1.58. The number of benzene rings is 1. The van der Waals surface area contributed by atoms with Gasteiger partial charge in [0.15, 0.2) is 5.78 Å². The molecule has 0 amide bonds. The topological polar surface area (TPSA) is 26.3 Å². The standard InChI is InChI=1S/C12H15BrO2/c1-2-15-11-6-3-5-10(9-11)12(14)7-4-8-13/h3,5-6,9H,2,4,7-8H2,1H3. The molecule has 0 N–H and O–H groups in total. The van der Waals surface area contributed by atoms with Gasteiger partial charge in [-0.2, -0.15) is 0 Å². The summed E-state index contributed by atoms with van der Waals surface area (Å²) < 4.78 is 5.34. The van der Waals surface area contributed by atoms with Crippen molar-refractivity contribution in [2.45, 2.75) is 19.8 Å². The predicted octanol–water partition coefficient (Wildman–Crippen LogP) is 3.44. The number of carbonyl (C=O) groups excluding carboxylic acids is 1. The van der Waals surface area contributed by atoms with Gasteiger partial charge >= 0.3 is 0 Å². The van der Waals surface area contributed by atoms with Crippen LogP contribution in [0.15, 0.2) is 24.3 Å². The van der Waals surface area contributed by atoms with Gasteiger partial charge in [0.1, 0.15) is 5.75 Å². The highest BCUT2D eigenvalue weighted by molar-refractivity contribution is 9.09. The zero-order valence-corrected chi connectivity index (χ0v) is 10.4. The normalized spacial score (nSPS) is 10.0. The van der Waals surface area contributed by atoms with Crippen LogP contribution in [0.25, 0.3) is 0 Å². The van der Waals surface area contributed by atoms with Crippen molar-refractivity contribution in [3.8, 4) is 5.75 Å². The highest BCUT2D eigenvalue weighted by Gasteiger charge is 2.05. The Labute approximate surface area is 98.8 Å². The minimum absolute atomic E-state index is 0.177. The van der Waals surface area contributed by atoms with Crippen molar-refractivity contribution in [2.75, 3.05) is 11.9 Å². The van der Waals surface area contributed by atoms with Gasteiger partial charge in [-0.05, 0) is 25.5 Å². The first-order valence-corrected chi connectivity index (χ1v) is 6.22. The molecule has 1 aromatic rings. The van der Waals surface area contributed by atoms with E-state index in [2.05, 4.69) is 15.9 Å². The Hall–Kier alpha value is -0.830. The van der Waals surface area contributed by atoms with Gasteiger partial charge in [0.05, 0.1) is 6.61 Å². The second kappa shape index (κ2) is 6.62. The molecule has 0 spiro atoms. The van der Waals surface area contributed by atoms with Gasteiger partial charge in [0.25, 0.3) is 0 Å². The van der Waals surface area contributed by atoms with E-state index in [9.17, 15) is 4.79 Å². The van der Waals surface area contributed by atoms with Crippen molar-refractivity contribution in [3.05, 3.63) is 29.8 Å². The van der Waals surface area contributed by atoms with Gasteiger partial charge < -0.3 is 4.74 Å². The average Bonchev–Trinajstić information content (AvgIpc) is 2.27. The molecular weight excluding hydrogens is 256 g/mol. The lowest BCUT2D eigenvalue weighted by molar-refractivity contribution is 0.0981. The molecule has 3 heteroatoms. The SMILES string of the molecule is CCOc1cccc(C(=O)CCCBr)c1. The van der Waals surface area contributed by atoms with E-state index in [0.29, 0.717) is 13.0 Å². The van der Waals surface area contributed by atoms with E-state index >= 15 is 0 Å². The summed E-state index contributed by atoms with van der Waals surface area (Å²) >= 11 is 3.31. The lowest BCUT2D eigenvalue weighted by Gasteiger charge is -2.04. The first kappa shape index (κ1) is 12.2. The van der Waals surface area contributed by atoms with Crippen LogP contribution in [-0.2, 0) is 0 Å². The van der Waals surface area contributed by atoms with Gasteiger partial charge in [0.2, 0.25) is 0 Å². The van der Waals surface area contributed by atoms with E-state index in [1.807, 2.05) is 25.1 Å². The van der Waals surface area contributed by atoms with Crippen LogP contribution < -0.4 is 4.74 Å². The fourth-order valence-electron chi connectivity index (χ4n) is 1.30. The molecular formula is C12H15BrO2. The van der Waals surface area contributed by atoms with Crippen LogP contribution in [0.2, 0.25) is 0 Å². The average molecular weight is 271 g/mol. The van der Waals surface area contributed by atoms with Crippen molar-refractivity contribution in [1.82, 2.24) is 0 Å². The second-order valence-corrected chi connectivity index (χ2v) is 3.97. The number of carbonyl (C=O) groups is 1. The molecule has 0 aliphatic rings. The van der Waals surface area contributed by atoms with Crippen molar-refractivity contribution in [3.63, 3.8) is 0 Å². The molecule has 0 bridgehead atoms. The van der Waals surface area contributed by atoms with Gasteiger partial charge in [-0.15, -0.1) is 0 Å². The summed E-state index contributed by atoms with van der Waals surface area (Å²) in [5.74, 6) is 0.943. The smallest absolute Gasteiger partial charge is 0.163 e. The summed E-state index contributed by atoms with van der Waals surface area (Å²) in [7, 11) is 0. The molecule has 0 unspecified atom stereocenters. The molecule has 0 atom stereocenters. The van der Waals surface area contributed by atoms with Crippen molar-refractivity contribution >= 4 is 21.7 Å². The minimum atomic E-state index is 0.177. The van der Waals surface area contributed by atoms with Gasteiger partial charge in [-0.3, -0.25) is 4.79 Å². The molecule has 0 aliphatic carbocycles. The third-order valence-corrected chi connectivity index (χ3v) is 2.57. The first-order chi connectivity index (χ1) is 7.27. The number of hydrogen-bond donors (Lipinski definition) is 0. The van der Waals surface area contributed by atoms with Gasteiger partial charge in [-0.1, -0.05) is 28.1 Å². The van der Waals surface area contributed by atoms with Crippen LogP contribution in [0.1, 0.15) is 30.1 Å². The Balaban J connectivity index is 2.67. The van der Waals surface area contributed by atoms with Gasteiger partial charge in [0, 0.05) is 17.3 Å². The van der Waals surface area contributed by atoms with E-state index in [1.165, 1.54) is 0 Å². The monoisotopic (exact) mass is 270 g/mol. The quantitative estimate of drug-likeness (QED) is 0.585. The molecule has 0 saturated heterocycles. The third kappa shape index (κ3) is 4.04. The summed E-state index contributed by atoms with van der Waals surface area (Å²) in [6.07, 6.45) is 1.46. The molecule has 0 aromatic heterocycles. The van der Waals surface area contributed by atoms with E-state index in [0.717, 1.165) is 23.1 Å². The molecule has 0 fully saturated rings. The number of rotatable bonds is 6. The maximum absolute atomic E-state index is 11.7.